The summed E-state index contributed by atoms with van der Waals surface area (Å²) in [6.45, 7) is 7.09. The maximum absolute atomic E-state index is 2.63. The molecule has 59 heavy (non-hydrogen) atoms. The van der Waals surface area contributed by atoms with Gasteiger partial charge in [-0.2, -0.15) is 0 Å². The van der Waals surface area contributed by atoms with Crippen LogP contribution in [0.25, 0.3) is 33.4 Å². The molecular formula is C58H63N. The van der Waals surface area contributed by atoms with Gasteiger partial charge in [-0.15, -0.1) is 0 Å². The lowest BCUT2D eigenvalue weighted by Gasteiger charge is -2.30. The highest BCUT2D eigenvalue weighted by Gasteiger charge is 2.36. The lowest BCUT2D eigenvalue weighted by molar-refractivity contribution is 0.435. The van der Waals surface area contributed by atoms with Crippen LogP contribution in [-0.4, -0.2) is 0 Å². The Hall–Kier alpha value is -4.88. The van der Waals surface area contributed by atoms with Crippen molar-refractivity contribution in [3.05, 3.63) is 161 Å². The summed E-state index contributed by atoms with van der Waals surface area (Å²) in [5.41, 5.74) is 20.6. The summed E-state index contributed by atoms with van der Waals surface area (Å²) in [6, 6.07) is 50.2. The number of hydrogen-bond acceptors (Lipinski definition) is 1. The number of benzene rings is 6. The number of fused-ring (bicyclic) bond motifs is 3. The standard InChI is InChI=1S/C58H63N/c1-40-29-30-45(49-34-47(42-19-9-5-10-20-42)33-48(35-49)43-21-11-6-12-22-43)38-55(40)46-24-16-26-51(37-46)59(50-25-15-23-44(36-50)41-17-7-4-8-18-41)52-31-32-54-53-27-13-14-28-56(53)58(2,3)57(54)39-52/h13-16,23-39,41-43H,4-12,17-22H2,1-3H3. The number of anilines is 3. The Morgan fingerprint density at radius 1 is 0.390 bits per heavy atom. The lowest BCUT2D eigenvalue weighted by Crippen LogP contribution is -2.16. The quantitative estimate of drug-likeness (QED) is 0.149. The van der Waals surface area contributed by atoms with Gasteiger partial charge in [-0.1, -0.05) is 157 Å². The van der Waals surface area contributed by atoms with Gasteiger partial charge in [-0.25, -0.2) is 0 Å². The molecule has 0 N–H and O–H groups in total. The predicted octanol–water partition coefficient (Wildman–Crippen LogP) is 17.2. The van der Waals surface area contributed by atoms with Crippen molar-refractivity contribution in [2.45, 2.75) is 140 Å². The molecule has 300 valence electrons. The molecule has 0 saturated heterocycles. The van der Waals surface area contributed by atoms with Crippen LogP contribution in [0.15, 0.2) is 127 Å². The van der Waals surface area contributed by atoms with E-state index in [1.54, 1.807) is 11.1 Å². The largest absolute Gasteiger partial charge is 0.310 e. The maximum Gasteiger partial charge on any atom is 0.0467 e. The van der Waals surface area contributed by atoms with Crippen molar-refractivity contribution in [2.24, 2.45) is 0 Å². The highest BCUT2D eigenvalue weighted by Crippen LogP contribution is 2.51. The number of aryl methyl sites for hydroxylation is 1. The summed E-state index contributed by atoms with van der Waals surface area (Å²) in [6.07, 6.45) is 20.3. The second kappa shape index (κ2) is 16.3. The maximum atomic E-state index is 2.63. The minimum Gasteiger partial charge on any atom is -0.310 e. The van der Waals surface area contributed by atoms with E-state index in [1.165, 1.54) is 169 Å². The molecule has 6 aromatic rings. The van der Waals surface area contributed by atoms with Crippen molar-refractivity contribution in [1.29, 1.82) is 0 Å². The lowest BCUT2D eigenvalue weighted by atomic mass is 9.78. The summed E-state index contributed by atoms with van der Waals surface area (Å²) in [5.74, 6) is 2.05. The zero-order valence-corrected chi connectivity index (χ0v) is 35.9. The first-order chi connectivity index (χ1) is 28.9. The van der Waals surface area contributed by atoms with E-state index in [-0.39, 0.29) is 5.41 Å². The molecule has 0 radical (unpaired) electrons. The highest BCUT2D eigenvalue weighted by atomic mass is 15.1. The molecule has 0 unspecified atom stereocenters. The normalized spacial score (nSPS) is 18.4. The molecule has 0 spiro atoms. The third-order valence-electron chi connectivity index (χ3n) is 15.1. The first kappa shape index (κ1) is 38.3. The van der Waals surface area contributed by atoms with Crippen LogP contribution in [0, 0.1) is 6.92 Å². The van der Waals surface area contributed by atoms with E-state index >= 15 is 0 Å². The van der Waals surface area contributed by atoms with Crippen molar-refractivity contribution < 1.29 is 0 Å². The minimum atomic E-state index is -0.0674. The molecule has 0 bridgehead atoms. The second-order valence-corrected chi connectivity index (χ2v) is 19.3. The molecular weight excluding hydrogens is 711 g/mol. The summed E-state index contributed by atoms with van der Waals surface area (Å²) in [5, 5.41) is 0. The van der Waals surface area contributed by atoms with Crippen molar-refractivity contribution >= 4 is 17.1 Å². The Balaban J connectivity index is 1.07. The fraction of sp³-hybridized carbons (Fsp3) is 0.379. The van der Waals surface area contributed by atoms with Gasteiger partial charge >= 0.3 is 0 Å². The Kier molecular flexibility index (Phi) is 10.6. The molecule has 0 heterocycles. The number of nitrogens with zero attached hydrogens (tertiary/aromatic N) is 1. The first-order valence-corrected chi connectivity index (χ1v) is 23.4. The molecule has 0 atom stereocenters. The first-order valence-electron chi connectivity index (χ1n) is 23.4. The Morgan fingerprint density at radius 3 is 1.64 bits per heavy atom. The fourth-order valence-corrected chi connectivity index (χ4v) is 11.7. The van der Waals surface area contributed by atoms with Crippen molar-refractivity contribution in [3.8, 4) is 33.4 Å². The van der Waals surface area contributed by atoms with Crippen LogP contribution in [0.2, 0.25) is 0 Å². The van der Waals surface area contributed by atoms with Crippen LogP contribution in [0.5, 0.6) is 0 Å². The zero-order valence-electron chi connectivity index (χ0n) is 35.9. The Bertz CT molecular complexity index is 2410. The third kappa shape index (κ3) is 7.49. The minimum absolute atomic E-state index is 0.0674. The van der Waals surface area contributed by atoms with E-state index < -0.39 is 0 Å². The van der Waals surface area contributed by atoms with Crippen LogP contribution >= 0.6 is 0 Å². The van der Waals surface area contributed by atoms with Gasteiger partial charge < -0.3 is 4.90 Å². The molecule has 4 aliphatic rings. The molecule has 6 aromatic carbocycles. The molecule has 4 aliphatic carbocycles. The van der Waals surface area contributed by atoms with Gasteiger partial charge in [0, 0.05) is 22.5 Å². The Morgan fingerprint density at radius 2 is 0.966 bits per heavy atom. The average molecular weight is 774 g/mol. The Labute approximate surface area is 354 Å². The number of rotatable bonds is 8. The van der Waals surface area contributed by atoms with E-state index in [0.29, 0.717) is 17.8 Å². The zero-order chi connectivity index (χ0) is 39.9. The molecule has 3 fully saturated rings. The average Bonchev–Trinajstić information content (AvgIpc) is 3.53. The van der Waals surface area contributed by atoms with Crippen LogP contribution in [-0.2, 0) is 5.41 Å². The predicted molar refractivity (Wildman–Crippen MR) is 252 cm³/mol. The SMILES string of the molecule is Cc1ccc(-c2cc(C3CCCCC3)cc(C3CCCCC3)c2)cc1-c1cccc(N(c2cccc(C3CCCCC3)c2)c2ccc3c(c2)C(C)(C)c2ccccc2-3)c1. The molecule has 1 heteroatoms. The highest BCUT2D eigenvalue weighted by molar-refractivity contribution is 5.87. The van der Waals surface area contributed by atoms with Gasteiger partial charge in [0.1, 0.15) is 0 Å². The van der Waals surface area contributed by atoms with Crippen molar-refractivity contribution in [2.75, 3.05) is 4.90 Å². The van der Waals surface area contributed by atoms with Gasteiger partial charge in [0.2, 0.25) is 0 Å². The monoisotopic (exact) mass is 773 g/mol. The van der Waals surface area contributed by atoms with E-state index in [1.807, 2.05) is 0 Å². The van der Waals surface area contributed by atoms with Gasteiger partial charge in [0.15, 0.2) is 0 Å². The molecule has 0 aliphatic heterocycles. The van der Waals surface area contributed by atoms with Gasteiger partial charge in [-0.3, -0.25) is 0 Å². The topological polar surface area (TPSA) is 3.24 Å². The summed E-state index contributed by atoms with van der Waals surface area (Å²) in [4.78, 5) is 2.54. The van der Waals surface area contributed by atoms with E-state index in [2.05, 4.69) is 153 Å². The summed E-state index contributed by atoms with van der Waals surface area (Å²) in [7, 11) is 0. The molecule has 10 rings (SSSR count). The van der Waals surface area contributed by atoms with Crippen LogP contribution in [0.4, 0.5) is 17.1 Å². The van der Waals surface area contributed by atoms with Gasteiger partial charge in [-0.05, 0) is 172 Å². The van der Waals surface area contributed by atoms with Crippen LogP contribution < -0.4 is 4.90 Å². The fourth-order valence-electron chi connectivity index (χ4n) is 11.7. The van der Waals surface area contributed by atoms with Gasteiger partial charge in [0.25, 0.3) is 0 Å². The van der Waals surface area contributed by atoms with E-state index in [0.717, 1.165) is 0 Å². The van der Waals surface area contributed by atoms with Crippen molar-refractivity contribution in [3.63, 3.8) is 0 Å². The molecule has 0 amide bonds. The molecule has 3 saturated carbocycles. The van der Waals surface area contributed by atoms with E-state index in [4.69, 9.17) is 0 Å². The number of hydrogen-bond donors (Lipinski definition) is 0. The van der Waals surface area contributed by atoms with Gasteiger partial charge in [0.05, 0.1) is 0 Å². The molecule has 0 aromatic heterocycles. The smallest absolute Gasteiger partial charge is 0.0467 e. The molecule has 1 nitrogen and oxygen atoms in total. The third-order valence-corrected chi connectivity index (χ3v) is 15.1. The van der Waals surface area contributed by atoms with Crippen LogP contribution in [0.3, 0.4) is 0 Å². The second-order valence-electron chi connectivity index (χ2n) is 19.3. The van der Waals surface area contributed by atoms with Crippen LogP contribution in [0.1, 0.15) is 161 Å². The van der Waals surface area contributed by atoms with Crippen molar-refractivity contribution in [1.82, 2.24) is 0 Å². The summed E-state index contributed by atoms with van der Waals surface area (Å²) < 4.78 is 0. The summed E-state index contributed by atoms with van der Waals surface area (Å²) >= 11 is 0. The van der Waals surface area contributed by atoms with E-state index in [9.17, 15) is 0 Å².